The first-order valence-corrected chi connectivity index (χ1v) is 8.25. The zero-order valence-electron chi connectivity index (χ0n) is 12.7. The summed E-state index contributed by atoms with van der Waals surface area (Å²) in [5.41, 5.74) is 1.01. The monoisotopic (exact) mass is 283 g/mol. The SMILES string of the molecule is N#CC1(NC2CCCCC2)CCN(Cc2ccccc2)C1. The van der Waals surface area contributed by atoms with E-state index in [1.54, 1.807) is 0 Å². The van der Waals surface area contributed by atoms with Crippen LogP contribution >= 0.6 is 0 Å². The zero-order valence-corrected chi connectivity index (χ0v) is 12.7. The topological polar surface area (TPSA) is 39.1 Å². The van der Waals surface area contributed by atoms with Crippen LogP contribution in [0, 0.1) is 11.3 Å². The molecule has 0 amide bonds. The summed E-state index contributed by atoms with van der Waals surface area (Å²) in [7, 11) is 0. The van der Waals surface area contributed by atoms with Crippen molar-refractivity contribution in [1.29, 1.82) is 5.26 Å². The molecule has 1 atom stereocenters. The van der Waals surface area contributed by atoms with Crippen molar-refractivity contribution in [3.05, 3.63) is 35.9 Å². The quantitative estimate of drug-likeness (QED) is 0.923. The molecule has 0 spiro atoms. The first-order valence-electron chi connectivity index (χ1n) is 8.25. The predicted octanol–water partition coefficient (Wildman–Crippen LogP) is 3.08. The van der Waals surface area contributed by atoms with Gasteiger partial charge >= 0.3 is 0 Å². The summed E-state index contributed by atoms with van der Waals surface area (Å²) >= 11 is 0. The summed E-state index contributed by atoms with van der Waals surface area (Å²) in [6.07, 6.45) is 7.41. The Morgan fingerprint density at radius 1 is 1.19 bits per heavy atom. The standard InChI is InChI=1S/C18H25N3/c19-14-18(20-17-9-5-2-6-10-17)11-12-21(15-18)13-16-7-3-1-4-8-16/h1,3-4,7-8,17,20H,2,5-6,9-13,15H2. The number of hydrogen-bond donors (Lipinski definition) is 1. The van der Waals surface area contributed by atoms with Crippen molar-refractivity contribution < 1.29 is 0 Å². The Labute approximate surface area is 128 Å². The van der Waals surface area contributed by atoms with E-state index in [4.69, 9.17) is 0 Å². The van der Waals surface area contributed by atoms with Crippen molar-refractivity contribution in [3.8, 4) is 6.07 Å². The van der Waals surface area contributed by atoms with E-state index in [0.717, 1.165) is 26.1 Å². The van der Waals surface area contributed by atoms with E-state index in [-0.39, 0.29) is 5.54 Å². The Kier molecular flexibility index (Phi) is 4.57. The first-order chi connectivity index (χ1) is 10.3. The average Bonchev–Trinajstić information content (AvgIpc) is 2.93. The van der Waals surface area contributed by atoms with E-state index in [9.17, 15) is 5.26 Å². The Morgan fingerprint density at radius 3 is 2.67 bits per heavy atom. The van der Waals surface area contributed by atoms with E-state index in [0.29, 0.717) is 6.04 Å². The second kappa shape index (κ2) is 6.60. The third-order valence-electron chi connectivity index (χ3n) is 4.90. The van der Waals surface area contributed by atoms with Crippen LogP contribution in [0.25, 0.3) is 0 Å². The Balaban J connectivity index is 1.59. The van der Waals surface area contributed by atoms with Gasteiger partial charge in [-0.2, -0.15) is 5.26 Å². The molecule has 3 heteroatoms. The second-order valence-corrected chi connectivity index (χ2v) is 6.62. The van der Waals surface area contributed by atoms with Gasteiger partial charge in [-0.15, -0.1) is 0 Å². The van der Waals surface area contributed by atoms with E-state index in [1.807, 2.05) is 0 Å². The molecule has 1 saturated carbocycles. The fourth-order valence-corrected chi connectivity index (χ4v) is 3.74. The smallest absolute Gasteiger partial charge is 0.121 e. The van der Waals surface area contributed by atoms with Crippen molar-refractivity contribution in [2.45, 2.75) is 56.7 Å². The molecule has 2 fully saturated rings. The second-order valence-electron chi connectivity index (χ2n) is 6.62. The molecule has 1 aromatic rings. The highest BCUT2D eigenvalue weighted by Gasteiger charge is 2.39. The van der Waals surface area contributed by atoms with Gasteiger partial charge in [0.25, 0.3) is 0 Å². The molecule has 1 aliphatic carbocycles. The molecule has 1 aliphatic heterocycles. The van der Waals surface area contributed by atoms with Crippen molar-refractivity contribution in [2.75, 3.05) is 13.1 Å². The van der Waals surface area contributed by atoms with E-state index in [2.05, 4.69) is 46.6 Å². The van der Waals surface area contributed by atoms with Crippen LogP contribution in [0.4, 0.5) is 0 Å². The van der Waals surface area contributed by atoms with Crippen LogP contribution < -0.4 is 5.32 Å². The molecular formula is C18H25N3. The fourth-order valence-electron chi connectivity index (χ4n) is 3.74. The highest BCUT2D eigenvalue weighted by Crippen LogP contribution is 2.26. The van der Waals surface area contributed by atoms with Crippen LogP contribution in [-0.2, 0) is 6.54 Å². The fraction of sp³-hybridized carbons (Fsp3) is 0.611. The Hall–Kier alpha value is -1.37. The van der Waals surface area contributed by atoms with Gasteiger partial charge in [-0.3, -0.25) is 10.2 Å². The third-order valence-corrected chi connectivity index (χ3v) is 4.90. The number of rotatable bonds is 4. The van der Waals surface area contributed by atoms with Gasteiger partial charge in [0.2, 0.25) is 0 Å². The van der Waals surface area contributed by atoms with Gasteiger partial charge in [0.1, 0.15) is 5.54 Å². The summed E-state index contributed by atoms with van der Waals surface area (Å²) in [5, 5.41) is 13.4. The number of likely N-dealkylation sites (tertiary alicyclic amines) is 1. The molecule has 0 radical (unpaired) electrons. The Morgan fingerprint density at radius 2 is 1.95 bits per heavy atom. The van der Waals surface area contributed by atoms with Gasteiger partial charge in [-0.05, 0) is 24.8 Å². The molecule has 112 valence electrons. The van der Waals surface area contributed by atoms with Crippen LogP contribution in [0.2, 0.25) is 0 Å². The molecule has 21 heavy (non-hydrogen) atoms. The molecule has 2 aliphatic rings. The number of benzene rings is 1. The molecule has 1 N–H and O–H groups in total. The summed E-state index contributed by atoms with van der Waals surface area (Å²) < 4.78 is 0. The normalized spacial score (nSPS) is 27.6. The van der Waals surface area contributed by atoms with Crippen molar-refractivity contribution in [3.63, 3.8) is 0 Å². The third kappa shape index (κ3) is 3.64. The average molecular weight is 283 g/mol. The van der Waals surface area contributed by atoms with Crippen LogP contribution in [-0.4, -0.2) is 29.6 Å². The van der Waals surface area contributed by atoms with Gasteiger partial charge in [-0.25, -0.2) is 0 Å². The maximum absolute atomic E-state index is 9.69. The maximum atomic E-state index is 9.69. The minimum absolute atomic E-state index is 0.323. The minimum atomic E-state index is -0.323. The van der Waals surface area contributed by atoms with Gasteiger partial charge in [0.05, 0.1) is 6.07 Å². The van der Waals surface area contributed by atoms with Crippen molar-refractivity contribution >= 4 is 0 Å². The molecule has 0 aromatic heterocycles. The zero-order chi connectivity index (χ0) is 14.5. The lowest BCUT2D eigenvalue weighted by molar-refractivity contribution is 0.268. The van der Waals surface area contributed by atoms with Gasteiger partial charge < -0.3 is 0 Å². The maximum Gasteiger partial charge on any atom is 0.121 e. The molecular weight excluding hydrogens is 258 g/mol. The van der Waals surface area contributed by atoms with Gasteiger partial charge in [0, 0.05) is 25.7 Å². The lowest BCUT2D eigenvalue weighted by Crippen LogP contribution is -2.51. The minimum Gasteiger partial charge on any atom is -0.296 e. The molecule has 1 heterocycles. The summed E-state index contributed by atoms with van der Waals surface area (Å²) in [5.74, 6) is 0. The molecule has 1 saturated heterocycles. The molecule has 3 nitrogen and oxygen atoms in total. The van der Waals surface area contributed by atoms with Crippen molar-refractivity contribution in [1.82, 2.24) is 10.2 Å². The van der Waals surface area contributed by atoms with Crippen molar-refractivity contribution in [2.24, 2.45) is 0 Å². The largest absolute Gasteiger partial charge is 0.296 e. The highest BCUT2D eigenvalue weighted by molar-refractivity contribution is 5.18. The van der Waals surface area contributed by atoms with E-state index in [1.165, 1.54) is 37.7 Å². The highest BCUT2D eigenvalue weighted by atomic mass is 15.2. The lowest BCUT2D eigenvalue weighted by Gasteiger charge is -2.31. The molecule has 0 bridgehead atoms. The Bertz CT molecular complexity index is 487. The van der Waals surface area contributed by atoms with Crippen LogP contribution in [0.15, 0.2) is 30.3 Å². The molecule has 1 aromatic carbocycles. The van der Waals surface area contributed by atoms with Crippen LogP contribution in [0.5, 0.6) is 0 Å². The number of nitrogens with zero attached hydrogens (tertiary/aromatic N) is 2. The van der Waals surface area contributed by atoms with Crippen LogP contribution in [0.3, 0.4) is 0 Å². The molecule has 3 rings (SSSR count). The number of nitriles is 1. The summed E-state index contributed by atoms with van der Waals surface area (Å²) in [6, 6.07) is 13.7. The summed E-state index contributed by atoms with van der Waals surface area (Å²) in [6.45, 7) is 2.83. The number of hydrogen-bond acceptors (Lipinski definition) is 3. The first kappa shape index (κ1) is 14.6. The lowest BCUT2D eigenvalue weighted by atomic mass is 9.91. The van der Waals surface area contributed by atoms with E-state index < -0.39 is 0 Å². The van der Waals surface area contributed by atoms with Crippen LogP contribution in [0.1, 0.15) is 44.1 Å². The van der Waals surface area contributed by atoms with Gasteiger partial charge in [0.15, 0.2) is 0 Å². The van der Waals surface area contributed by atoms with E-state index >= 15 is 0 Å². The summed E-state index contributed by atoms with van der Waals surface area (Å²) in [4.78, 5) is 2.41. The predicted molar refractivity (Wildman–Crippen MR) is 84.7 cm³/mol. The number of nitrogens with one attached hydrogen (secondary N) is 1. The van der Waals surface area contributed by atoms with Gasteiger partial charge in [-0.1, -0.05) is 49.6 Å². The molecule has 1 unspecified atom stereocenters.